The third kappa shape index (κ3) is 4.72. The molecule has 0 bridgehead atoms. The molecule has 0 heterocycles. The standard InChI is InChI=1S/C8H14ClNO3/c1-3-6(8(12)13-4-2)10-7(11)5-9/h6H,3-5H2,1-2H3,(H,10,11). The van der Waals surface area contributed by atoms with Gasteiger partial charge in [0.1, 0.15) is 11.9 Å². The summed E-state index contributed by atoms with van der Waals surface area (Å²) in [5.74, 6) is -0.916. The molecule has 1 unspecified atom stereocenters. The molecule has 0 fully saturated rings. The van der Waals surface area contributed by atoms with Crippen molar-refractivity contribution in [2.75, 3.05) is 12.5 Å². The van der Waals surface area contributed by atoms with Crippen molar-refractivity contribution in [2.24, 2.45) is 0 Å². The molecule has 5 heteroatoms. The number of ether oxygens (including phenoxy) is 1. The van der Waals surface area contributed by atoms with Crippen LogP contribution in [0.3, 0.4) is 0 Å². The average Bonchev–Trinajstić information content (AvgIpc) is 2.14. The molecule has 0 saturated heterocycles. The maximum absolute atomic E-state index is 11.1. The van der Waals surface area contributed by atoms with E-state index in [9.17, 15) is 9.59 Å². The molecule has 76 valence electrons. The van der Waals surface area contributed by atoms with E-state index in [2.05, 4.69) is 5.32 Å². The first-order chi connectivity index (χ1) is 6.15. The molecule has 0 aliphatic heterocycles. The normalized spacial score (nSPS) is 11.9. The van der Waals surface area contributed by atoms with Crippen LogP contribution in [0, 0.1) is 0 Å². The highest BCUT2D eigenvalue weighted by molar-refractivity contribution is 6.27. The van der Waals surface area contributed by atoms with Crippen molar-refractivity contribution in [1.29, 1.82) is 0 Å². The molecule has 1 amide bonds. The Labute approximate surface area is 82.6 Å². The number of nitrogens with one attached hydrogen (secondary N) is 1. The van der Waals surface area contributed by atoms with Gasteiger partial charge in [-0.1, -0.05) is 6.92 Å². The molecule has 0 rings (SSSR count). The van der Waals surface area contributed by atoms with E-state index < -0.39 is 12.0 Å². The second kappa shape index (κ2) is 6.71. The molecule has 0 saturated carbocycles. The van der Waals surface area contributed by atoms with E-state index in [-0.39, 0.29) is 11.8 Å². The average molecular weight is 208 g/mol. The van der Waals surface area contributed by atoms with Crippen LogP contribution in [0.2, 0.25) is 0 Å². The van der Waals surface area contributed by atoms with Gasteiger partial charge in [-0.3, -0.25) is 4.79 Å². The van der Waals surface area contributed by atoms with Crippen molar-refractivity contribution in [3.05, 3.63) is 0 Å². The van der Waals surface area contributed by atoms with E-state index in [1.165, 1.54) is 0 Å². The molecule has 0 aromatic heterocycles. The van der Waals surface area contributed by atoms with Crippen LogP contribution in [0.4, 0.5) is 0 Å². The lowest BCUT2D eigenvalue weighted by molar-refractivity contribution is -0.147. The van der Waals surface area contributed by atoms with Gasteiger partial charge in [-0.15, -0.1) is 11.6 Å². The molecule has 0 aromatic carbocycles. The monoisotopic (exact) mass is 207 g/mol. The van der Waals surface area contributed by atoms with Gasteiger partial charge in [0.2, 0.25) is 5.91 Å². The number of carbonyl (C=O) groups is 2. The lowest BCUT2D eigenvalue weighted by atomic mass is 10.2. The summed E-state index contributed by atoms with van der Waals surface area (Å²) in [5.41, 5.74) is 0. The molecule has 0 radical (unpaired) electrons. The van der Waals surface area contributed by atoms with Crippen molar-refractivity contribution >= 4 is 23.5 Å². The van der Waals surface area contributed by atoms with E-state index in [0.29, 0.717) is 13.0 Å². The van der Waals surface area contributed by atoms with Crippen molar-refractivity contribution in [2.45, 2.75) is 26.3 Å². The predicted octanol–water partition coefficient (Wildman–Crippen LogP) is 0.683. The number of amides is 1. The van der Waals surface area contributed by atoms with Crippen LogP contribution < -0.4 is 5.32 Å². The Bertz CT molecular complexity index is 184. The number of hydrogen-bond donors (Lipinski definition) is 1. The number of halogens is 1. The zero-order chi connectivity index (χ0) is 10.3. The second-order valence-corrected chi connectivity index (χ2v) is 2.68. The zero-order valence-corrected chi connectivity index (χ0v) is 8.56. The largest absolute Gasteiger partial charge is 0.464 e. The number of carbonyl (C=O) groups excluding carboxylic acids is 2. The maximum Gasteiger partial charge on any atom is 0.328 e. The summed E-state index contributed by atoms with van der Waals surface area (Å²) >= 11 is 5.27. The summed E-state index contributed by atoms with van der Waals surface area (Å²) in [5, 5.41) is 2.46. The number of rotatable bonds is 5. The Hall–Kier alpha value is -0.770. The fourth-order valence-corrected chi connectivity index (χ4v) is 0.881. The fourth-order valence-electron chi connectivity index (χ4n) is 0.803. The minimum atomic E-state index is -0.578. The molecule has 4 nitrogen and oxygen atoms in total. The van der Waals surface area contributed by atoms with Gasteiger partial charge in [0.05, 0.1) is 6.61 Å². The third-order valence-corrected chi connectivity index (χ3v) is 1.68. The molecule has 0 aliphatic rings. The first-order valence-corrected chi connectivity index (χ1v) is 4.71. The van der Waals surface area contributed by atoms with Gasteiger partial charge >= 0.3 is 5.97 Å². The molecule has 0 spiro atoms. The molecular weight excluding hydrogens is 194 g/mol. The Balaban J connectivity index is 4.01. The van der Waals surface area contributed by atoms with Crippen molar-refractivity contribution in [3.63, 3.8) is 0 Å². The topological polar surface area (TPSA) is 55.4 Å². The van der Waals surface area contributed by atoms with Gasteiger partial charge in [-0.25, -0.2) is 4.79 Å². The van der Waals surface area contributed by atoms with Crippen LogP contribution in [0.1, 0.15) is 20.3 Å². The smallest absolute Gasteiger partial charge is 0.328 e. The highest BCUT2D eigenvalue weighted by Crippen LogP contribution is 1.95. The highest BCUT2D eigenvalue weighted by Gasteiger charge is 2.18. The van der Waals surface area contributed by atoms with Crippen LogP contribution in [0.5, 0.6) is 0 Å². The van der Waals surface area contributed by atoms with Gasteiger partial charge in [-0.2, -0.15) is 0 Å². The Kier molecular flexibility index (Phi) is 6.32. The molecule has 0 aromatic rings. The number of alkyl halides is 1. The first-order valence-electron chi connectivity index (χ1n) is 4.17. The first kappa shape index (κ1) is 12.2. The quantitative estimate of drug-likeness (QED) is 0.533. The van der Waals surface area contributed by atoms with Crippen LogP contribution in [0.15, 0.2) is 0 Å². The van der Waals surface area contributed by atoms with E-state index in [1.807, 2.05) is 0 Å². The van der Waals surface area contributed by atoms with E-state index >= 15 is 0 Å². The predicted molar refractivity (Wildman–Crippen MR) is 49.6 cm³/mol. The summed E-state index contributed by atoms with van der Waals surface area (Å²) in [6, 6.07) is -0.578. The Morgan fingerprint density at radius 3 is 2.46 bits per heavy atom. The third-order valence-electron chi connectivity index (χ3n) is 1.44. The molecule has 1 N–H and O–H groups in total. The van der Waals surface area contributed by atoms with Crippen LogP contribution in [0.25, 0.3) is 0 Å². The van der Waals surface area contributed by atoms with E-state index in [4.69, 9.17) is 16.3 Å². The highest BCUT2D eigenvalue weighted by atomic mass is 35.5. The molecule has 0 aliphatic carbocycles. The van der Waals surface area contributed by atoms with Gasteiger partial charge in [0, 0.05) is 0 Å². The van der Waals surface area contributed by atoms with Gasteiger partial charge < -0.3 is 10.1 Å². The summed E-state index contributed by atoms with van der Waals surface area (Å²) in [4.78, 5) is 22.0. The van der Waals surface area contributed by atoms with Crippen molar-refractivity contribution in [1.82, 2.24) is 5.32 Å². The second-order valence-electron chi connectivity index (χ2n) is 2.41. The van der Waals surface area contributed by atoms with E-state index in [1.54, 1.807) is 13.8 Å². The Morgan fingerprint density at radius 1 is 1.46 bits per heavy atom. The zero-order valence-electron chi connectivity index (χ0n) is 7.80. The fraction of sp³-hybridized carbons (Fsp3) is 0.750. The summed E-state index contributed by atoms with van der Waals surface area (Å²) < 4.78 is 4.74. The molecular formula is C8H14ClNO3. The summed E-state index contributed by atoms with van der Waals surface area (Å²) in [6.07, 6.45) is 0.501. The summed E-state index contributed by atoms with van der Waals surface area (Å²) in [6.45, 7) is 3.82. The van der Waals surface area contributed by atoms with Gasteiger partial charge in [0.25, 0.3) is 0 Å². The summed E-state index contributed by atoms with van der Waals surface area (Å²) in [7, 11) is 0. The van der Waals surface area contributed by atoms with Crippen molar-refractivity contribution in [3.8, 4) is 0 Å². The molecule has 13 heavy (non-hydrogen) atoms. The maximum atomic E-state index is 11.1. The number of esters is 1. The molecule has 1 atom stereocenters. The van der Waals surface area contributed by atoms with E-state index in [0.717, 1.165) is 0 Å². The van der Waals surface area contributed by atoms with Gasteiger partial charge in [0.15, 0.2) is 0 Å². The minimum Gasteiger partial charge on any atom is -0.464 e. The van der Waals surface area contributed by atoms with Crippen molar-refractivity contribution < 1.29 is 14.3 Å². The van der Waals surface area contributed by atoms with Crippen LogP contribution >= 0.6 is 11.6 Å². The number of hydrogen-bond acceptors (Lipinski definition) is 3. The van der Waals surface area contributed by atoms with Gasteiger partial charge in [-0.05, 0) is 13.3 Å². The minimum absolute atomic E-state index is 0.143. The van der Waals surface area contributed by atoms with Crippen LogP contribution in [-0.4, -0.2) is 30.4 Å². The Morgan fingerprint density at radius 2 is 2.08 bits per heavy atom. The van der Waals surface area contributed by atoms with Crippen LogP contribution in [-0.2, 0) is 14.3 Å². The lowest BCUT2D eigenvalue weighted by Gasteiger charge is -2.14. The lowest BCUT2D eigenvalue weighted by Crippen LogP contribution is -2.41. The SMILES string of the molecule is CCOC(=O)C(CC)NC(=O)CCl.